The molecule has 0 aliphatic carbocycles. The molecule has 1 aromatic rings. The van der Waals surface area contributed by atoms with E-state index in [1.54, 1.807) is 19.1 Å². The van der Waals surface area contributed by atoms with Crippen LogP contribution in [-0.2, 0) is 16.0 Å². The van der Waals surface area contributed by atoms with Crippen LogP contribution in [0.5, 0.6) is 11.5 Å². The third kappa shape index (κ3) is 5.63. The molecule has 2 amide bonds. The fourth-order valence-electron chi connectivity index (χ4n) is 2.09. The lowest BCUT2D eigenvalue weighted by atomic mass is 10.1. The zero-order valence-electron chi connectivity index (χ0n) is 13.6. The van der Waals surface area contributed by atoms with Crippen molar-refractivity contribution in [2.24, 2.45) is 0 Å². The molecule has 1 N–H and O–H groups in total. The Labute approximate surface area is 131 Å². The van der Waals surface area contributed by atoms with E-state index < -0.39 is 0 Å². The van der Waals surface area contributed by atoms with Crippen LogP contribution in [0.4, 0.5) is 0 Å². The predicted octanol–water partition coefficient (Wildman–Crippen LogP) is 1.23. The average molecular weight is 308 g/mol. The summed E-state index contributed by atoms with van der Waals surface area (Å²) >= 11 is 0. The van der Waals surface area contributed by atoms with Crippen LogP contribution in [0, 0.1) is 0 Å². The second-order valence-corrected chi connectivity index (χ2v) is 4.93. The SMILES string of the molecule is COc1ccc(CCN(CCNC(C)=O)C(C)=O)cc1OC. The molecular weight excluding hydrogens is 284 g/mol. The number of rotatable bonds is 8. The van der Waals surface area contributed by atoms with Crippen molar-refractivity contribution in [2.75, 3.05) is 33.9 Å². The van der Waals surface area contributed by atoms with Crippen molar-refractivity contribution in [3.63, 3.8) is 0 Å². The molecule has 122 valence electrons. The highest BCUT2D eigenvalue weighted by molar-refractivity contribution is 5.74. The Bertz CT molecular complexity index is 517. The molecule has 0 spiro atoms. The number of amides is 2. The highest BCUT2D eigenvalue weighted by atomic mass is 16.5. The zero-order valence-corrected chi connectivity index (χ0v) is 13.6. The van der Waals surface area contributed by atoms with Gasteiger partial charge in [0, 0.05) is 33.5 Å². The number of hydrogen-bond acceptors (Lipinski definition) is 4. The maximum atomic E-state index is 11.6. The van der Waals surface area contributed by atoms with Gasteiger partial charge in [0.25, 0.3) is 0 Å². The lowest BCUT2D eigenvalue weighted by Crippen LogP contribution is -2.38. The third-order valence-corrected chi connectivity index (χ3v) is 3.32. The van der Waals surface area contributed by atoms with Crippen molar-refractivity contribution in [1.82, 2.24) is 10.2 Å². The van der Waals surface area contributed by atoms with Gasteiger partial charge in [0.2, 0.25) is 11.8 Å². The summed E-state index contributed by atoms with van der Waals surface area (Å²) in [5, 5.41) is 2.69. The summed E-state index contributed by atoms with van der Waals surface area (Å²) < 4.78 is 10.5. The summed E-state index contributed by atoms with van der Waals surface area (Å²) in [6.45, 7) is 4.54. The van der Waals surface area contributed by atoms with Crippen LogP contribution in [-0.4, -0.2) is 50.6 Å². The molecule has 6 heteroatoms. The van der Waals surface area contributed by atoms with E-state index in [2.05, 4.69) is 5.32 Å². The first-order valence-electron chi connectivity index (χ1n) is 7.18. The summed E-state index contributed by atoms with van der Waals surface area (Å²) in [7, 11) is 3.19. The van der Waals surface area contributed by atoms with Gasteiger partial charge in [0.15, 0.2) is 11.5 Å². The summed E-state index contributed by atoms with van der Waals surface area (Å²) in [6.07, 6.45) is 0.708. The van der Waals surface area contributed by atoms with Crippen molar-refractivity contribution in [1.29, 1.82) is 0 Å². The summed E-state index contributed by atoms with van der Waals surface area (Å²) in [5.41, 5.74) is 1.06. The van der Waals surface area contributed by atoms with Gasteiger partial charge in [0.05, 0.1) is 14.2 Å². The first-order valence-corrected chi connectivity index (χ1v) is 7.18. The summed E-state index contributed by atoms with van der Waals surface area (Å²) in [4.78, 5) is 24.2. The largest absolute Gasteiger partial charge is 0.493 e. The topological polar surface area (TPSA) is 67.9 Å². The molecule has 0 saturated carbocycles. The van der Waals surface area contributed by atoms with Gasteiger partial charge in [-0.25, -0.2) is 0 Å². The van der Waals surface area contributed by atoms with Crippen molar-refractivity contribution < 1.29 is 19.1 Å². The second kappa shape index (κ2) is 8.92. The van der Waals surface area contributed by atoms with Gasteiger partial charge in [-0.1, -0.05) is 6.07 Å². The molecule has 0 bridgehead atoms. The van der Waals surface area contributed by atoms with Crippen molar-refractivity contribution >= 4 is 11.8 Å². The number of carbonyl (C=O) groups is 2. The number of methoxy groups -OCH3 is 2. The molecule has 0 aliphatic rings. The van der Waals surface area contributed by atoms with Crippen LogP contribution < -0.4 is 14.8 Å². The molecule has 0 aromatic heterocycles. The van der Waals surface area contributed by atoms with Gasteiger partial charge in [-0.15, -0.1) is 0 Å². The maximum absolute atomic E-state index is 11.6. The molecule has 1 aromatic carbocycles. The summed E-state index contributed by atoms with van der Waals surface area (Å²) in [5.74, 6) is 1.25. The number of hydrogen-bond donors (Lipinski definition) is 1. The monoisotopic (exact) mass is 308 g/mol. The number of ether oxygens (including phenoxy) is 2. The molecule has 0 saturated heterocycles. The molecule has 0 fully saturated rings. The first kappa shape index (κ1) is 17.8. The van der Waals surface area contributed by atoms with Gasteiger partial charge in [-0.3, -0.25) is 9.59 Å². The quantitative estimate of drug-likeness (QED) is 0.784. The number of benzene rings is 1. The highest BCUT2D eigenvalue weighted by Gasteiger charge is 2.10. The number of carbonyl (C=O) groups excluding carboxylic acids is 2. The lowest BCUT2D eigenvalue weighted by molar-refractivity contribution is -0.129. The molecule has 1 rings (SSSR count). The minimum atomic E-state index is -0.0941. The molecule has 0 radical (unpaired) electrons. The van der Waals surface area contributed by atoms with Crippen molar-refractivity contribution in [2.45, 2.75) is 20.3 Å². The Balaban J connectivity index is 2.61. The fraction of sp³-hybridized carbons (Fsp3) is 0.500. The van der Waals surface area contributed by atoms with Gasteiger partial charge >= 0.3 is 0 Å². The summed E-state index contributed by atoms with van der Waals surface area (Å²) in [6, 6.07) is 5.71. The Kier molecular flexibility index (Phi) is 7.22. The van der Waals surface area contributed by atoms with E-state index in [0.29, 0.717) is 37.6 Å². The fourth-order valence-corrected chi connectivity index (χ4v) is 2.09. The van der Waals surface area contributed by atoms with Gasteiger partial charge < -0.3 is 19.7 Å². The van der Waals surface area contributed by atoms with Crippen molar-refractivity contribution in [3.05, 3.63) is 23.8 Å². The minimum absolute atomic E-state index is 0.00849. The van der Waals surface area contributed by atoms with E-state index in [9.17, 15) is 9.59 Å². The third-order valence-electron chi connectivity index (χ3n) is 3.32. The number of nitrogens with zero attached hydrogens (tertiary/aromatic N) is 1. The van der Waals surface area contributed by atoms with Crippen LogP contribution in [0.3, 0.4) is 0 Å². The molecule has 0 heterocycles. The van der Waals surface area contributed by atoms with E-state index in [1.807, 2.05) is 18.2 Å². The smallest absolute Gasteiger partial charge is 0.219 e. The highest BCUT2D eigenvalue weighted by Crippen LogP contribution is 2.27. The lowest BCUT2D eigenvalue weighted by Gasteiger charge is -2.21. The molecule has 6 nitrogen and oxygen atoms in total. The number of nitrogens with one attached hydrogen (secondary N) is 1. The molecule has 0 unspecified atom stereocenters. The molecular formula is C16H24N2O4. The van der Waals surface area contributed by atoms with Gasteiger partial charge in [-0.05, 0) is 24.1 Å². The van der Waals surface area contributed by atoms with Crippen LogP contribution in [0.25, 0.3) is 0 Å². The van der Waals surface area contributed by atoms with E-state index in [0.717, 1.165) is 5.56 Å². The minimum Gasteiger partial charge on any atom is -0.493 e. The van der Waals surface area contributed by atoms with Gasteiger partial charge in [-0.2, -0.15) is 0 Å². The Hall–Kier alpha value is -2.24. The van der Waals surface area contributed by atoms with Gasteiger partial charge in [0.1, 0.15) is 0 Å². The van der Waals surface area contributed by atoms with Crippen molar-refractivity contribution in [3.8, 4) is 11.5 Å². The maximum Gasteiger partial charge on any atom is 0.219 e. The Morgan fingerprint density at radius 2 is 1.77 bits per heavy atom. The first-order chi connectivity index (χ1) is 10.5. The van der Waals surface area contributed by atoms with E-state index in [1.165, 1.54) is 13.8 Å². The Morgan fingerprint density at radius 3 is 2.32 bits per heavy atom. The molecule has 0 aliphatic heterocycles. The zero-order chi connectivity index (χ0) is 16.5. The predicted molar refractivity (Wildman–Crippen MR) is 84.2 cm³/mol. The Morgan fingerprint density at radius 1 is 1.09 bits per heavy atom. The van der Waals surface area contributed by atoms with E-state index in [-0.39, 0.29) is 11.8 Å². The average Bonchev–Trinajstić information content (AvgIpc) is 2.49. The van der Waals surface area contributed by atoms with Crippen LogP contribution in [0.15, 0.2) is 18.2 Å². The van der Waals surface area contributed by atoms with E-state index >= 15 is 0 Å². The molecule has 22 heavy (non-hydrogen) atoms. The standard InChI is InChI=1S/C16H24N2O4/c1-12(19)17-8-10-18(13(2)20)9-7-14-5-6-15(21-3)16(11-14)22-4/h5-6,11H,7-10H2,1-4H3,(H,17,19). The normalized spacial score (nSPS) is 10.0. The van der Waals surface area contributed by atoms with Crippen LogP contribution in [0.1, 0.15) is 19.4 Å². The van der Waals surface area contributed by atoms with Crippen LogP contribution in [0.2, 0.25) is 0 Å². The van der Waals surface area contributed by atoms with E-state index in [4.69, 9.17) is 9.47 Å². The molecule has 0 atom stereocenters. The van der Waals surface area contributed by atoms with Crippen LogP contribution >= 0.6 is 0 Å². The second-order valence-electron chi connectivity index (χ2n) is 4.93.